The van der Waals surface area contributed by atoms with Crippen LogP contribution in [0.1, 0.15) is 39.3 Å². The van der Waals surface area contributed by atoms with Crippen LogP contribution in [0.2, 0.25) is 0 Å². The number of ether oxygens (including phenoxy) is 3. The highest BCUT2D eigenvalue weighted by atomic mass is 32.1. The van der Waals surface area contributed by atoms with E-state index in [0.29, 0.717) is 24.1 Å². The zero-order valence-electron chi connectivity index (χ0n) is 19.8. The summed E-state index contributed by atoms with van der Waals surface area (Å²) in [7, 11) is 0. The minimum Gasteiger partial charge on any atom is -0.457 e. The van der Waals surface area contributed by atoms with Gasteiger partial charge in [-0.2, -0.15) is 0 Å². The quantitative estimate of drug-likeness (QED) is 0.238. The molecule has 2 aliphatic rings. The lowest BCUT2D eigenvalue weighted by molar-refractivity contribution is -0.155. The number of anilines is 1. The first-order chi connectivity index (χ1) is 16.6. The zero-order chi connectivity index (χ0) is 25.8. The van der Waals surface area contributed by atoms with Crippen LogP contribution in [0.5, 0.6) is 0 Å². The Labute approximate surface area is 206 Å². The number of amides is 3. The van der Waals surface area contributed by atoms with Crippen LogP contribution in [0.15, 0.2) is 36.4 Å². The third kappa shape index (κ3) is 6.07. The monoisotopic (exact) mass is 504 g/mol. The Kier molecular flexibility index (Phi) is 7.95. The molecule has 3 rings (SSSR count). The van der Waals surface area contributed by atoms with Crippen molar-refractivity contribution in [2.45, 2.75) is 51.3 Å². The molecule has 1 saturated heterocycles. The standard InChI is InChI=1S/C23H28N4O7S/c1-6-10-32-19(29)17-13(14-12-35-20(24-14)26-21(30)33-11-7-2)8-9-15-16(18(28)27(15)17)25-22(31)34-23(3,4)5/h6-7,12,15-16H,1-2,8-11H2,3-5H3,(H,25,31)(H,24,26,30)/t15-,16+/m1/s1. The lowest BCUT2D eigenvalue weighted by atomic mass is 9.83. The smallest absolute Gasteiger partial charge is 0.413 e. The molecule has 0 aromatic carbocycles. The van der Waals surface area contributed by atoms with Crippen LogP contribution in [-0.4, -0.2) is 64.8 Å². The van der Waals surface area contributed by atoms with E-state index in [-0.39, 0.29) is 24.0 Å². The van der Waals surface area contributed by atoms with E-state index in [1.165, 1.54) is 17.1 Å². The van der Waals surface area contributed by atoms with Crippen molar-refractivity contribution in [1.82, 2.24) is 15.2 Å². The highest BCUT2D eigenvalue weighted by molar-refractivity contribution is 7.14. The molecule has 0 spiro atoms. The number of esters is 1. The van der Waals surface area contributed by atoms with Gasteiger partial charge in [-0.15, -0.1) is 11.3 Å². The number of allylic oxidation sites excluding steroid dienone is 1. The molecular formula is C23H28N4O7S. The maximum absolute atomic E-state index is 13.0. The summed E-state index contributed by atoms with van der Waals surface area (Å²) in [5.74, 6) is -1.16. The number of nitrogens with one attached hydrogen (secondary N) is 2. The number of hydrogen-bond acceptors (Lipinski definition) is 9. The van der Waals surface area contributed by atoms with Gasteiger partial charge >= 0.3 is 18.2 Å². The van der Waals surface area contributed by atoms with Crippen LogP contribution >= 0.6 is 11.3 Å². The van der Waals surface area contributed by atoms with Crippen LogP contribution in [0, 0.1) is 0 Å². The van der Waals surface area contributed by atoms with Crippen molar-refractivity contribution in [2.75, 3.05) is 18.5 Å². The summed E-state index contributed by atoms with van der Waals surface area (Å²) in [5.41, 5.74) is 0.267. The highest BCUT2D eigenvalue weighted by Gasteiger charge is 2.54. The zero-order valence-corrected chi connectivity index (χ0v) is 20.6. The van der Waals surface area contributed by atoms with E-state index >= 15 is 0 Å². The van der Waals surface area contributed by atoms with Gasteiger partial charge in [0.2, 0.25) is 0 Å². The fourth-order valence-electron chi connectivity index (χ4n) is 3.67. The van der Waals surface area contributed by atoms with Crippen molar-refractivity contribution in [3.05, 3.63) is 42.1 Å². The van der Waals surface area contributed by atoms with E-state index in [4.69, 9.17) is 14.2 Å². The Morgan fingerprint density at radius 3 is 2.54 bits per heavy atom. The predicted molar refractivity (Wildman–Crippen MR) is 128 cm³/mol. The van der Waals surface area contributed by atoms with Gasteiger partial charge in [0, 0.05) is 11.0 Å². The molecule has 2 atom stereocenters. The SMILES string of the molecule is C=CCOC(=O)Nc1nc(C2=C(C(=O)OCC=C)N3C(=O)[C@@H](NC(=O)OC(C)(C)C)[C@H]3CC2)cs1. The Morgan fingerprint density at radius 2 is 1.89 bits per heavy atom. The Balaban J connectivity index is 1.84. The molecule has 0 saturated carbocycles. The van der Waals surface area contributed by atoms with E-state index in [1.807, 2.05) is 0 Å². The Morgan fingerprint density at radius 1 is 1.20 bits per heavy atom. The molecule has 35 heavy (non-hydrogen) atoms. The summed E-state index contributed by atoms with van der Waals surface area (Å²) in [5, 5.41) is 7.04. The first kappa shape index (κ1) is 25.9. The summed E-state index contributed by atoms with van der Waals surface area (Å²) in [6, 6.07) is -1.25. The summed E-state index contributed by atoms with van der Waals surface area (Å²) in [4.78, 5) is 55.7. The molecule has 12 heteroatoms. The van der Waals surface area contributed by atoms with Gasteiger partial charge in [-0.3, -0.25) is 15.0 Å². The van der Waals surface area contributed by atoms with Crippen molar-refractivity contribution in [3.8, 4) is 0 Å². The lowest BCUT2D eigenvalue weighted by Gasteiger charge is -2.50. The number of aromatic nitrogens is 1. The van der Waals surface area contributed by atoms with Crippen LogP contribution in [0.3, 0.4) is 0 Å². The van der Waals surface area contributed by atoms with Crippen molar-refractivity contribution in [2.24, 2.45) is 0 Å². The normalized spacial score (nSPS) is 19.2. The largest absolute Gasteiger partial charge is 0.457 e. The lowest BCUT2D eigenvalue weighted by Crippen LogP contribution is -2.71. The van der Waals surface area contributed by atoms with Gasteiger partial charge in [0.15, 0.2) is 5.13 Å². The first-order valence-corrected chi connectivity index (χ1v) is 11.8. The molecule has 1 aromatic rings. The van der Waals surface area contributed by atoms with Gasteiger partial charge in [-0.25, -0.2) is 19.4 Å². The number of carbonyl (C=O) groups excluding carboxylic acids is 4. The van der Waals surface area contributed by atoms with Gasteiger partial charge in [0.25, 0.3) is 5.91 Å². The number of nitrogens with zero attached hydrogens (tertiary/aromatic N) is 2. The average Bonchev–Trinajstić information content (AvgIpc) is 3.25. The molecule has 3 amide bonds. The molecule has 0 radical (unpaired) electrons. The number of carbonyl (C=O) groups is 4. The molecule has 2 aliphatic heterocycles. The van der Waals surface area contributed by atoms with Crippen LogP contribution in [0.25, 0.3) is 5.57 Å². The number of fused-ring (bicyclic) bond motifs is 1. The van der Waals surface area contributed by atoms with Gasteiger partial charge in [0.05, 0.1) is 11.7 Å². The van der Waals surface area contributed by atoms with Crippen LogP contribution < -0.4 is 10.6 Å². The van der Waals surface area contributed by atoms with E-state index in [0.717, 1.165) is 11.3 Å². The Hall–Kier alpha value is -3.67. The van der Waals surface area contributed by atoms with E-state index in [2.05, 4.69) is 28.8 Å². The number of hydrogen-bond donors (Lipinski definition) is 2. The Bertz CT molecular complexity index is 1070. The molecule has 0 bridgehead atoms. The maximum atomic E-state index is 13.0. The summed E-state index contributed by atoms with van der Waals surface area (Å²) < 4.78 is 15.4. The molecule has 188 valence electrons. The molecular weight excluding hydrogens is 476 g/mol. The van der Waals surface area contributed by atoms with Crippen LogP contribution in [-0.2, 0) is 23.8 Å². The van der Waals surface area contributed by atoms with Crippen molar-refractivity contribution in [1.29, 1.82) is 0 Å². The van der Waals surface area contributed by atoms with Crippen molar-refractivity contribution >= 4 is 46.1 Å². The number of β-lactam (4-membered cyclic amide) rings is 1. The molecule has 0 aliphatic carbocycles. The number of thiazole rings is 1. The van der Waals surface area contributed by atoms with E-state index < -0.39 is 41.7 Å². The topological polar surface area (TPSA) is 136 Å². The molecule has 2 N–H and O–H groups in total. The van der Waals surface area contributed by atoms with Gasteiger partial charge in [0.1, 0.15) is 30.6 Å². The second-order valence-electron chi connectivity index (χ2n) is 8.70. The molecule has 1 aromatic heterocycles. The van der Waals surface area contributed by atoms with Gasteiger partial charge < -0.3 is 19.5 Å². The molecule has 0 unspecified atom stereocenters. The third-order valence-electron chi connectivity index (χ3n) is 4.99. The fraction of sp³-hybridized carbons (Fsp3) is 0.435. The summed E-state index contributed by atoms with van der Waals surface area (Å²) in [6.07, 6.45) is 2.32. The first-order valence-electron chi connectivity index (χ1n) is 10.9. The highest BCUT2D eigenvalue weighted by Crippen LogP contribution is 2.41. The van der Waals surface area contributed by atoms with Crippen molar-refractivity contribution in [3.63, 3.8) is 0 Å². The average molecular weight is 505 g/mol. The minimum absolute atomic E-state index is 0.0408. The van der Waals surface area contributed by atoms with Crippen LogP contribution in [0.4, 0.5) is 14.7 Å². The summed E-state index contributed by atoms with van der Waals surface area (Å²) >= 11 is 1.14. The number of rotatable bonds is 8. The van der Waals surface area contributed by atoms with E-state index in [1.54, 1.807) is 26.2 Å². The molecule has 3 heterocycles. The fourth-order valence-corrected chi connectivity index (χ4v) is 4.38. The third-order valence-corrected chi connectivity index (χ3v) is 5.75. The molecule has 11 nitrogen and oxygen atoms in total. The van der Waals surface area contributed by atoms with E-state index in [9.17, 15) is 19.2 Å². The summed E-state index contributed by atoms with van der Waals surface area (Å²) in [6.45, 7) is 12.2. The maximum Gasteiger partial charge on any atom is 0.413 e. The minimum atomic E-state index is -0.819. The van der Waals surface area contributed by atoms with Gasteiger partial charge in [-0.05, 0) is 33.6 Å². The molecule has 1 fully saturated rings. The second kappa shape index (κ2) is 10.7. The second-order valence-corrected chi connectivity index (χ2v) is 9.56. The van der Waals surface area contributed by atoms with Crippen molar-refractivity contribution < 1.29 is 33.4 Å². The number of alkyl carbamates (subject to hydrolysis) is 1. The predicted octanol–water partition coefficient (Wildman–Crippen LogP) is 3.22. The van der Waals surface area contributed by atoms with Gasteiger partial charge in [-0.1, -0.05) is 25.3 Å².